The highest BCUT2D eigenvalue weighted by atomic mass is 14.7. The standard InChI is InChI=1S/C18H13N/c1-2-6-13(7-3-1)14-10-11-16-15-8-4-5-9-17(15)19-18(16)12-14/h1-12,19H/i4D,5D,8D,9D,10D,11D,12D. The van der Waals surface area contributed by atoms with Gasteiger partial charge in [0.05, 0.1) is 9.60 Å². The average Bonchev–Trinajstić information content (AvgIpc) is 3.05. The number of nitrogens with one attached hydrogen (secondary N) is 1. The second-order valence-corrected chi connectivity index (χ2v) is 4.24. The van der Waals surface area contributed by atoms with E-state index in [-0.39, 0.29) is 58.1 Å². The molecule has 0 aliphatic heterocycles. The van der Waals surface area contributed by atoms with Crippen LogP contribution in [0.5, 0.6) is 0 Å². The molecule has 4 aromatic rings. The van der Waals surface area contributed by atoms with Gasteiger partial charge in [-0.15, -0.1) is 0 Å². The van der Waals surface area contributed by atoms with E-state index in [4.69, 9.17) is 9.60 Å². The van der Waals surface area contributed by atoms with Gasteiger partial charge in [-0.05, 0) is 23.2 Å². The lowest BCUT2D eigenvalue weighted by Crippen LogP contribution is -1.76. The lowest BCUT2D eigenvalue weighted by molar-refractivity contribution is 1.54. The molecular formula is C18H13N. The van der Waals surface area contributed by atoms with E-state index in [1.54, 1.807) is 24.3 Å². The van der Waals surface area contributed by atoms with Crippen molar-refractivity contribution in [2.45, 2.75) is 0 Å². The van der Waals surface area contributed by atoms with Crippen LogP contribution in [0, 0.1) is 0 Å². The van der Waals surface area contributed by atoms with Gasteiger partial charge < -0.3 is 4.98 Å². The first-order chi connectivity index (χ1) is 12.3. The van der Waals surface area contributed by atoms with Crippen molar-refractivity contribution in [2.24, 2.45) is 0 Å². The maximum absolute atomic E-state index is 8.54. The number of aromatic amines is 1. The van der Waals surface area contributed by atoms with E-state index < -0.39 is 6.04 Å². The summed E-state index contributed by atoms with van der Waals surface area (Å²) in [6.07, 6.45) is 0. The summed E-state index contributed by atoms with van der Waals surface area (Å²) < 4.78 is 57.3. The molecule has 4 rings (SSSR count). The molecule has 0 bridgehead atoms. The molecule has 1 aromatic heterocycles. The third-order valence-electron chi connectivity index (χ3n) is 3.06. The molecule has 0 atom stereocenters. The van der Waals surface area contributed by atoms with Crippen LogP contribution in [0.25, 0.3) is 32.9 Å². The fourth-order valence-electron chi connectivity index (χ4n) is 2.16. The van der Waals surface area contributed by atoms with Crippen LogP contribution in [0.2, 0.25) is 0 Å². The predicted molar refractivity (Wildman–Crippen MR) is 81.2 cm³/mol. The first kappa shape index (κ1) is 5.62. The zero-order valence-corrected chi connectivity index (χ0v) is 9.89. The lowest BCUT2D eigenvalue weighted by Gasteiger charge is -2.01. The monoisotopic (exact) mass is 250 g/mol. The van der Waals surface area contributed by atoms with Crippen LogP contribution >= 0.6 is 0 Å². The summed E-state index contributed by atoms with van der Waals surface area (Å²) in [5.74, 6) is 0. The van der Waals surface area contributed by atoms with E-state index in [0.717, 1.165) is 0 Å². The Morgan fingerprint density at radius 2 is 1.53 bits per heavy atom. The Morgan fingerprint density at radius 3 is 2.42 bits per heavy atom. The van der Waals surface area contributed by atoms with Crippen molar-refractivity contribution in [1.29, 1.82) is 0 Å². The van der Waals surface area contributed by atoms with E-state index in [1.165, 1.54) is 0 Å². The van der Waals surface area contributed by atoms with Gasteiger partial charge >= 0.3 is 0 Å². The van der Waals surface area contributed by atoms with Crippen molar-refractivity contribution < 1.29 is 9.60 Å². The molecule has 0 aliphatic rings. The third kappa shape index (κ3) is 1.63. The molecule has 90 valence electrons. The Hall–Kier alpha value is -2.54. The number of benzene rings is 3. The number of para-hydroxylation sites is 1. The van der Waals surface area contributed by atoms with Gasteiger partial charge in [-0.2, -0.15) is 0 Å². The van der Waals surface area contributed by atoms with Crippen molar-refractivity contribution in [3.8, 4) is 11.1 Å². The molecule has 0 amide bonds. The number of fused-ring (bicyclic) bond motifs is 3. The van der Waals surface area contributed by atoms with Crippen molar-refractivity contribution in [3.05, 3.63) is 72.6 Å². The number of H-pyrrole nitrogens is 1. The largest absolute Gasteiger partial charge is 0.354 e. The Morgan fingerprint density at radius 1 is 0.737 bits per heavy atom. The van der Waals surface area contributed by atoms with Gasteiger partial charge in [0.15, 0.2) is 0 Å². The summed E-state index contributed by atoms with van der Waals surface area (Å²) in [5, 5.41) is 0.333. The minimum Gasteiger partial charge on any atom is -0.354 e. The molecule has 0 fully saturated rings. The van der Waals surface area contributed by atoms with Crippen LogP contribution in [0.15, 0.2) is 72.6 Å². The summed E-state index contributed by atoms with van der Waals surface area (Å²) in [6.45, 7) is 0. The van der Waals surface area contributed by atoms with Gasteiger partial charge in [0.25, 0.3) is 0 Å². The molecule has 0 aliphatic carbocycles. The molecule has 3 aromatic carbocycles. The van der Waals surface area contributed by atoms with Crippen molar-refractivity contribution >= 4 is 21.8 Å². The summed E-state index contributed by atoms with van der Waals surface area (Å²) in [6, 6.07) is 7.33. The molecular weight excluding hydrogens is 230 g/mol. The summed E-state index contributed by atoms with van der Waals surface area (Å²) in [4.78, 5) is 2.90. The molecule has 0 spiro atoms. The highest BCUT2D eigenvalue weighted by Crippen LogP contribution is 2.29. The number of aromatic nitrogens is 1. The molecule has 0 saturated carbocycles. The molecule has 1 nitrogen and oxygen atoms in total. The molecule has 1 heterocycles. The lowest BCUT2D eigenvalue weighted by atomic mass is 10.0. The first-order valence-corrected chi connectivity index (χ1v) is 5.91. The van der Waals surface area contributed by atoms with E-state index in [2.05, 4.69) is 4.98 Å². The van der Waals surface area contributed by atoms with Gasteiger partial charge in [-0.3, -0.25) is 0 Å². The van der Waals surface area contributed by atoms with Crippen LogP contribution in [0.1, 0.15) is 9.60 Å². The molecule has 0 unspecified atom stereocenters. The first-order valence-electron chi connectivity index (χ1n) is 9.41. The zero-order valence-electron chi connectivity index (χ0n) is 16.9. The highest BCUT2D eigenvalue weighted by molar-refractivity contribution is 6.08. The van der Waals surface area contributed by atoms with Crippen LogP contribution in [0.3, 0.4) is 0 Å². The van der Waals surface area contributed by atoms with Crippen molar-refractivity contribution in [2.75, 3.05) is 0 Å². The maximum atomic E-state index is 8.54. The Bertz CT molecular complexity index is 1200. The smallest absolute Gasteiger partial charge is 0.0652 e. The minimum atomic E-state index is -0.395. The van der Waals surface area contributed by atoms with Crippen molar-refractivity contribution in [3.63, 3.8) is 0 Å². The van der Waals surface area contributed by atoms with Crippen molar-refractivity contribution in [1.82, 2.24) is 4.98 Å². The molecule has 0 radical (unpaired) electrons. The van der Waals surface area contributed by atoms with E-state index >= 15 is 0 Å². The van der Waals surface area contributed by atoms with Gasteiger partial charge in [0.1, 0.15) is 0 Å². The topological polar surface area (TPSA) is 15.8 Å². The third-order valence-corrected chi connectivity index (χ3v) is 3.06. The van der Waals surface area contributed by atoms with Crippen LogP contribution in [-0.2, 0) is 0 Å². The van der Waals surface area contributed by atoms with Gasteiger partial charge in [-0.1, -0.05) is 60.5 Å². The second kappa shape index (κ2) is 3.99. The molecule has 0 saturated heterocycles. The predicted octanol–water partition coefficient (Wildman–Crippen LogP) is 4.99. The number of hydrogen-bond acceptors (Lipinski definition) is 0. The van der Waals surface area contributed by atoms with E-state index in [1.807, 2.05) is 6.07 Å². The van der Waals surface area contributed by atoms with E-state index in [9.17, 15) is 0 Å². The maximum Gasteiger partial charge on any atom is 0.0652 e. The summed E-state index contributed by atoms with van der Waals surface area (Å²) in [5.41, 5.74) is 1.32. The quantitative estimate of drug-likeness (QED) is 0.490. The number of hydrogen-bond donors (Lipinski definition) is 1. The molecule has 19 heavy (non-hydrogen) atoms. The molecule has 1 heteroatoms. The summed E-state index contributed by atoms with van der Waals surface area (Å²) in [7, 11) is 0. The summed E-state index contributed by atoms with van der Waals surface area (Å²) >= 11 is 0. The average molecular weight is 250 g/mol. The Kier molecular flexibility index (Phi) is 1.18. The van der Waals surface area contributed by atoms with Crippen LogP contribution in [0.4, 0.5) is 0 Å². The van der Waals surface area contributed by atoms with Gasteiger partial charge in [0, 0.05) is 21.8 Å². The number of rotatable bonds is 1. The molecule has 1 N–H and O–H groups in total. The SMILES string of the molecule is [2H]c1c([2H])c([2H])c2c([nH]c3c([2H])c(-c4ccccc4)c([2H])c([2H])c32)c1[2H]. The fraction of sp³-hybridized carbons (Fsp3) is 0. The minimum absolute atomic E-state index is 0.000242. The Labute approximate surface area is 121 Å². The second-order valence-electron chi connectivity index (χ2n) is 4.24. The van der Waals surface area contributed by atoms with Gasteiger partial charge in [0.2, 0.25) is 0 Å². The normalized spacial score (nSPS) is 16.3. The highest BCUT2D eigenvalue weighted by Gasteiger charge is 2.04. The Balaban J connectivity index is 2.25. The zero-order chi connectivity index (χ0) is 18.7. The van der Waals surface area contributed by atoms with Gasteiger partial charge in [-0.25, -0.2) is 0 Å². The fourth-order valence-corrected chi connectivity index (χ4v) is 2.16. The van der Waals surface area contributed by atoms with Crippen LogP contribution < -0.4 is 0 Å². The van der Waals surface area contributed by atoms with E-state index in [0.29, 0.717) is 11.1 Å². The van der Waals surface area contributed by atoms with Crippen LogP contribution in [-0.4, -0.2) is 4.98 Å².